The SMILES string of the molecule is CCc1cccc2c1OC(C)C2N. The van der Waals surface area contributed by atoms with Gasteiger partial charge < -0.3 is 10.5 Å². The van der Waals surface area contributed by atoms with E-state index in [9.17, 15) is 0 Å². The van der Waals surface area contributed by atoms with Crippen LogP contribution in [0.5, 0.6) is 5.75 Å². The predicted molar refractivity (Wildman–Crippen MR) is 52.8 cm³/mol. The minimum Gasteiger partial charge on any atom is -0.488 e. The van der Waals surface area contributed by atoms with Gasteiger partial charge in [-0.25, -0.2) is 0 Å². The van der Waals surface area contributed by atoms with Gasteiger partial charge in [0.15, 0.2) is 0 Å². The van der Waals surface area contributed by atoms with Gasteiger partial charge in [0.1, 0.15) is 11.9 Å². The van der Waals surface area contributed by atoms with Gasteiger partial charge in [0.05, 0.1) is 6.04 Å². The highest BCUT2D eigenvalue weighted by Crippen LogP contribution is 2.37. The van der Waals surface area contributed by atoms with Gasteiger partial charge in [0.25, 0.3) is 0 Å². The Morgan fingerprint density at radius 3 is 2.92 bits per heavy atom. The average Bonchev–Trinajstić information content (AvgIpc) is 2.43. The molecule has 2 rings (SSSR count). The zero-order valence-electron chi connectivity index (χ0n) is 8.08. The van der Waals surface area contributed by atoms with Crippen LogP contribution in [-0.2, 0) is 6.42 Å². The molecule has 0 saturated carbocycles. The summed E-state index contributed by atoms with van der Waals surface area (Å²) in [4.78, 5) is 0. The number of hydrogen-bond acceptors (Lipinski definition) is 2. The van der Waals surface area contributed by atoms with Gasteiger partial charge in [-0.1, -0.05) is 25.1 Å². The third-order valence-electron chi connectivity index (χ3n) is 2.68. The standard InChI is InChI=1S/C11H15NO/c1-3-8-5-4-6-9-10(12)7(2)13-11(8)9/h4-7,10H,3,12H2,1-2H3. The van der Waals surface area contributed by atoms with E-state index >= 15 is 0 Å². The monoisotopic (exact) mass is 177 g/mol. The van der Waals surface area contributed by atoms with Crippen molar-refractivity contribution in [2.45, 2.75) is 32.4 Å². The highest BCUT2D eigenvalue weighted by molar-refractivity contribution is 5.46. The number of benzene rings is 1. The molecule has 0 saturated heterocycles. The quantitative estimate of drug-likeness (QED) is 0.712. The largest absolute Gasteiger partial charge is 0.488 e. The molecule has 1 aromatic carbocycles. The van der Waals surface area contributed by atoms with Crippen LogP contribution in [0.2, 0.25) is 0 Å². The van der Waals surface area contributed by atoms with Crippen molar-refractivity contribution in [1.82, 2.24) is 0 Å². The minimum atomic E-state index is 0.0431. The lowest BCUT2D eigenvalue weighted by Crippen LogP contribution is -2.21. The van der Waals surface area contributed by atoms with Crippen LogP contribution in [0.3, 0.4) is 0 Å². The Morgan fingerprint density at radius 2 is 2.23 bits per heavy atom. The molecule has 2 unspecified atom stereocenters. The lowest BCUT2D eigenvalue weighted by Gasteiger charge is -2.07. The van der Waals surface area contributed by atoms with Crippen LogP contribution in [-0.4, -0.2) is 6.10 Å². The molecule has 0 radical (unpaired) electrons. The Kier molecular flexibility index (Phi) is 2.00. The first kappa shape index (κ1) is 8.57. The Morgan fingerprint density at radius 1 is 1.46 bits per heavy atom. The van der Waals surface area contributed by atoms with Crippen molar-refractivity contribution in [2.75, 3.05) is 0 Å². The van der Waals surface area contributed by atoms with E-state index in [-0.39, 0.29) is 12.1 Å². The van der Waals surface area contributed by atoms with Crippen molar-refractivity contribution >= 4 is 0 Å². The fourth-order valence-corrected chi connectivity index (χ4v) is 1.80. The first-order valence-corrected chi connectivity index (χ1v) is 4.78. The van der Waals surface area contributed by atoms with Gasteiger partial charge in [0, 0.05) is 5.56 Å². The molecule has 0 aromatic heterocycles. The topological polar surface area (TPSA) is 35.2 Å². The highest BCUT2D eigenvalue weighted by atomic mass is 16.5. The molecule has 2 N–H and O–H groups in total. The molecule has 1 aliphatic rings. The van der Waals surface area contributed by atoms with E-state index in [1.807, 2.05) is 6.92 Å². The summed E-state index contributed by atoms with van der Waals surface area (Å²) in [5, 5.41) is 0. The third kappa shape index (κ3) is 1.22. The highest BCUT2D eigenvalue weighted by Gasteiger charge is 2.29. The zero-order valence-corrected chi connectivity index (χ0v) is 8.08. The first-order chi connectivity index (χ1) is 6.24. The van der Waals surface area contributed by atoms with Crippen LogP contribution in [0.15, 0.2) is 18.2 Å². The van der Waals surface area contributed by atoms with E-state index < -0.39 is 0 Å². The second kappa shape index (κ2) is 3.04. The molecule has 2 heteroatoms. The van der Waals surface area contributed by atoms with E-state index in [2.05, 4.69) is 25.1 Å². The number of aryl methyl sites for hydroxylation is 1. The molecule has 0 amide bonds. The van der Waals surface area contributed by atoms with Crippen molar-refractivity contribution < 1.29 is 4.74 Å². The van der Waals surface area contributed by atoms with Gasteiger partial charge in [-0.2, -0.15) is 0 Å². The van der Waals surface area contributed by atoms with Crippen LogP contribution >= 0.6 is 0 Å². The Bertz CT molecular complexity index is 322. The van der Waals surface area contributed by atoms with Gasteiger partial charge in [-0.05, 0) is 18.9 Å². The summed E-state index contributed by atoms with van der Waals surface area (Å²) in [5.74, 6) is 1.02. The third-order valence-corrected chi connectivity index (χ3v) is 2.68. The molecular formula is C11H15NO. The smallest absolute Gasteiger partial charge is 0.127 e. The summed E-state index contributed by atoms with van der Waals surface area (Å²) in [7, 11) is 0. The number of ether oxygens (including phenoxy) is 1. The fraction of sp³-hybridized carbons (Fsp3) is 0.455. The molecule has 0 fully saturated rings. The van der Waals surface area contributed by atoms with Gasteiger partial charge in [-0.3, -0.25) is 0 Å². The normalized spacial score (nSPS) is 25.5. The Hall–Kier alpha value is -1.02. The van der Waals surface area contributed by atoms with Crippen LogP contribution in [0, 0.1) is 0 Å². The Balaban J connectivity index is 2.49. The molecule has 0 spiro atoms. The number of rotatable bonds is 1. The molecule has 1 aromatic rings. The number of nitrogens with two attached hydrogens (primary N) is 1. The van der Waals surface area contributed by atoms with Crippen LogP contribution in [0.4, 0.5) is 0 Å². The first-order valence-electron chi connectivity index (χ1n) is 4.78. The summed E-state index contributed by atoms with van der Waals surface area (Å²) in [6, 6.07) is 6.26. The molecule has 2 atom stereocenters. The van der Waals surface area contributed by atoms with Crippen LogP contribution in [0.25, 0.3) is 0 Å². The van der Waals surface area contributed by atoms with E-state index in [1.165, 1.54) is 5.56 Å². The van der Waals surface area contributed by atoms with E-state index in [1.54, 1.807) is 0 Å². The molecule has 1 aliphatic heterocycles. The molecule has 1 heterocycles. The Labute approximate surface area is 78.7 Å². The van der Waals surface area contributed by atoms with E-state index in [4.69, 9.17) is 10.5 Å². The summed E-state index contributed by atoms with van der Waals surface area (Å²) < 4.78 is 5.72. The molecule has 13 heavy (non-hydrogen) atoms. The van der Waals surface area contributed by atoms with Gasteiger partial charge in [-0.15, -0.1) is 0 Å². The van der Waals surface area contributed by atoms with Crippen LogP contribution in [0.1, 0.15) is 31.0 Å². The molecule has 0 aliphatic carbocycles. The molecular weight excluding hydrogens is 162 g/mol. The number of para-hydroxylation sites is 1. The van der Waals surface area contributed by atoms with Crippen LogP contribution < -0.4 is 10.5 Å². The second-order valence-electron chi connectivity index (χ2n) is 3.54. The van der Waals surface area contributed by atoms with E-state index in [0.717, 1.165) is 17.7 Å². The molecule has 0 bridgehead atoms. The summed E-state index contributed by atoms with van der Waals surface area (Å²) in [5.41, 5.74) is 8.41. The summed E-state index contributed by atoms with van der Waals surface area (Å²) in [6.07, 6.45) is 1.12. The second-order valence-corrected chi connectivity index (χ2v) is 3.54. The van der Waals surface area contributed by atoms with Crippen molar-refractivity contribution in [3.63, 3.8) is 0 Å². The maximum atomic E-state index is 5.99. The predicted octanol–water partition coefficient (Wildman–Crippen LogP) is 2.03. The summed E-state index contributed by atoms with van der Waals surface area (Å²) >= 11 is 0. The number of hydrogen-bond donors (Lipinski definition) is 1. The molecule has 2 nitrogen and oxygen atoms in total. The average molecular weight is 177 g/mol. The minimum absolute atomic E-state index is 0.0431. The van der Waals surface area contributed by atoms with Crippen molar-refractivity contribution in [3.05, 3.63) is 29.3 Å². The molecule has 70 valence electrons. The zero-order chi connectivity index (χ0) is 9.42. The lowest BCUT2D eigenvalue weighted by atomic mass is 10.0. The van der Waals surface area contributed by atoms with Gasteiger partial charge >= 0.3 is 0 Å². The van der Waals surface area contributed by atoms with Gasteiger partial charge in [0.2, 0.25) is 0 Å². The van der Waals surface area contributed by atoms with Crippen molar-refractivity contribution in [3.8, 4) is 5.75 Å². The fourth-order valence-electron chi connectivity index (χ4n) is 1.80. The van der Waals surface area contributed by atoms with Crippen molar-refractivity contribution in [2.24, 2.45) is 5.73 Å². The maximum absolute atomic E-state index is 5.99. The maximum Gasteiger partial charge on any atom is 0.127 e. The number of fused-ring (bicyclic) bond motifs is 1. The van der Waals surface area contributed by atoms with E-state index in [0.29, 0.717) is 0 Å². The lowest BCUT2D eigenvalue weighted by molar-refractivity contribution is 0.227. The van der Waals surface area contributed by atoms with Crippen molar-refractivity contribution in [1.29, 1.82) is 0 Å². The summed E-state index contributed by atoms with van der Waals surface area (Å²) in [6.45, 7) is 4.15.